The summed E-state index contributed by atoms with van der Waals surface area (Å²) >= 11 is 1.51. The quantitative estimate of drug-likeness (QED) is 0.322. The molecule has 0 saturated carbocycles. The van der Waals surface area contributed by atoms with Crippen molar-refractivity contribution < 1.29 is 24.2 Å². The molecule has 0 radical (unpaired) electrons. The molecule has 3 aromatic carbocycles. The number of rotatable bonds is 4. The van der Waals surface area contributed by atoms with Crippen LogP contribution in [0.2, 0.25) is 0 Å². The maximum Gasteiger partial charge on any atom is -0.0771 e. The standard InChI is InChI=1S/C13H9.C7H10.C5H5.Zr/c1-3-7-12-10(5-1)9-11-6-2-4-8-13(11)12;1-3-5-7-6-4-2;1-2-4-5-3-1;/h1-9H;3-4H,1-2,5-6H2;1-3H,4H2;/q-1;;-1;+2. The van der Waals surface area contributed by atoms with Gasteiger partial charge in [-0.3, -0.25) is 6.08 Å². The topological polar surface area (TPSA) is 0 Å². The summed E-state index contributed by atoms with van der Waals surface area (Å²) < 4.78 is 1.52. The maximum absolute atomic E-state index is 3.64. The summed E-state index contributed by atoms with van der Waals surface area (Å²) in [6.07, 6.45) is 16.0. The van der Waals surface area contributed by atoms with Crippen LogP contribution >= 0.6 is 0 Å². The summed E-state index contributed by atoms with van der Waals surface area (Å²) in [7, 11) is 0. The van der Waals surface area contributed by atoms with Crippen molar-refractivity contribution in [3.05, 3.63) is 104 Å². The molecule has 4 rings (SSSR count). The molecule has 0 aromatic heterocycles. The van der Waals surface area contributed by atoms with Crippen LogP contribution in [0.4, 0.5) is 0 Å². The van der Waals surface area contributed by atoms with Gasteiger partial charge in [0.05, 0.1) is 0 Å². The van der Waals surface area contributed by atoms with Crippen LogP contribution in [0, 0.1) is 6.08 Å². The van der Waals surface area contributed by atoms with E-state index in [1.807, 2.05) is 24.3 Å². The maximum atomic E-state index is 3.64. The van der Waals surface area contributed by atoms with Crippen LogP contribution in [0.1, 0.15) is 19.3 Å². The van der Waals surface area contributed by atoms with Crippen LogP contribution in [0.15, 0.2) is 98.1 Å². The molecule has 1 aliphatic carbocycles. The Kier molecular flexibility index (Phi) is 9.08. The van der Waals surface area contributed by atoms with Crippen molar-refractivity contribution in [1.82, 2.24) is 0 Å². The van der Waals surface area contributed by atoms with Gasteiger partial charge in [0.2, 0.25) is 0 Å². The van der Waals surface area contributed by atoms with Crippen molar-refractivity contribution in [3.8, 4) is 0 Å². The van der Waals surface area contributed by atoms with Crippen molar-refractivity contribution in [2.75, 3.05) is 0 Å². The molecule has 0 N–H and O–H groups in total. The fourth-order valence-corrected chi connectivity index (χ4v) is 3.39. The van der Waals surface area contributed by atoms with Gasteiger partial charge in [0.15, 0.2) is 0 Å². The molecule has 0 heterocycles. The molecule has 0 atom stereocenters. The third kappa shape index (κ3) is 6.39. The van der Waals surface area contributed by atoms with E-state index < -0.39 is 0 Å². The molecule has 26 heavy (non-hydrogen) atoms. The summed E-state index contributed by atoms with van der Waals surface area (Å²) in [4.78, 5) is 0. The van der Waals surface area contributed by atoms with Gasteiger partial charge in [0.1, 0.15) is 0 Å². The van der Waals surface area contributed by atoms with E-state index in [1.165, 1.54) is 49.0 Å². The smallest absolute Gasteiger partial charge is 0.0771 e. The van der Waals surface area contributed by atoms with Crippen LogP contribution in [0.25, 0.3) is 21.5 Å². The van der Waals surface area contributed by atoms with Gasteiger partial charge in [-0.05, 0) is 0 Å². The van der Waals surface area contributed by atoms with Gasteiger partial charge < -0.3 is 0 Å². The third-order valence-corrected chi connectivity index (χ3v) is 4.89. The first-order valence-electron chi connectivity index (χ1n) is 8.79. The van der Waals surface area contributed by atoms with Gasteiger partial charge in [-0.15, -0.1) is 46.2 Å². The summed E-state index contributed by atoms with van der Waals surface area (Å²) in [5.41, 5.74) is 0. The van der Waals surface area contributed by atoms with Crippen LogP contribution in [0.3, 0.4) is 0 Å². The molecule has 3 aromatic rings. The van der Waals surface area contributed by atoms with E-state index >= 15 is 0 Å². The number of hydrogen-bond donors (Lipinski definition) is 0. The van der Waals surface area contributed by atoms with E-state index in [2.05, 4.69) is 79.9 Å². The predicted octanol–water partition coefficient (Wildman–Crippen LogP) is 6.88. The molecule has 0 saturated heterocycles. The molecule has 0 bridgehead atoms. The summed E-state index contributed by atoms with van der Waals surface area (Å²) in [5, 5.41) is 5.39. The van der Waals surface area contributed by atoms with Crippen molar-refractivity contribution in [3.63, 3.8) is 0 Å². The van der Waals surface area contributed by atoms with Crippen molar-refractivity contribution in [1.29, 1.82) is 0 Å². The van der Waals surface area contributed by atoms with Crippen molar-refractivity contribution >= 4 is 24.8 Å². The Hall–Kier alpha value is -1.98. The Bertz CT molecular complexity index is 849. The number of hydrogen-bond acceptors (Lipinski definition) is 0. The van der Waals surface area contributed by atoms with E-state index in [4.69, 9.17) is 0 Å². The average molecular weight is 416 g/mol. The molecule has 0 nitrogen and oxygen atoms in total. The first kappa shape index (κ1) is 20.3. The van der Waals surface area contributed by atoms with Crippen LogP contribution < -0.4 is 0 Å². The Morgan fingerprint density at radius 3 is 1.88 bits per heavy atom. The predicted molar refractivity (Wildman–Crippen MR) is 113 cm³/mol. The molecular weight excluding hydrogens is 391 g/mol. The van der Waals surface area contributed by atoms with Crippen molar-refractivity contribution in [2.24, 2.45) is 0 Å². The van der Waals surface area contributed by atoms with E-state index in [1.54, 1.807) is 0 Å². The largest absolute Gasteiger partial charge is 0.273 e. The molecule has 0 aliphatic heterocycles. The van der Waals surface area contributed by atoms with E-state index in [0.717, 1.165) is 19.3 Å². The molecule has 1 aliphatic rings. The first-order valence-corrected chi connectivity index (χ1v) is 10.0. The van der Waals surface area contributed by atoms with Gasteiger partial charge in [0.25, 0.3) is 0 Å². The number of fused-ring (bicyclic) bond motifs is 3. The van der Waals surface area contributed by atoms with Gasteiger partial charge >= 0.3 is 65.6 Å². The van der Waals surface area contributed by atoms with E-state index in [9.17, 15) is 0 Å². The molecule has 0 amide bonds. The number of benzene rings is 2. The Labute approximate surface area is 171 Å². The second-order valence-electron chi connectivity index (χ2n) is 5.91. The van der Waals surface area contributed by atoms with Crippen molar-refractivity contribution in [2.45, 2.75) is 19.3 Å². The monoisotopic (exact) mass is 414 g/mol. The second-order valence-corrected chi connectivity index (χ2v) is 7.65. The van der Waals surface area contributed by atoms with E-state index in [0.29, 0.717) is 0 Å². The zero-order chi connectivity index (χ0) is 18.6. The van der Waals surface area contributed by atoms with Gasteiger partial charge in [-0.2, -0.15) is 6.08 Å². The average Bonchev–Trinajstić information content (AvgIpc) is 3.34. The third-order valence-electron chi connectivity index (χ3n) is 3.89. The summed E-state index contributed by atoms with van der Waals surface area (Å²) in [5.74, 6) is 0. The first-order chi connectivity index (χ1) is 12.8. The van der Waals surface area contributed by atoms with Crippen LogP contribution in [-0.2, 0) is 24.2 Å². The molecule has 0 unspecified atom stereocenters. The minimum atomic E-state index is 1.01. The fraction of sp³-hybridized carbons (Fsp3) is 0.120. The molecule has 0 spiro atoms. The molecular formula is C25H24Zr. The summed E-state index contributed by atoms with van der Waals surface area (Å²) in [6, 6.07) is 19.3. The normalized spacial score (nSPS) is 11.5. The Morgan fingerprint density at radius 1 is 0.962 bits per heavy atom. The van der Waals surface area contributed by atoms with Crippen LogP contribution in [-0.4, -0.2) is 3.21 Å². The minimum absolute atomic E-state index is 1.01. The molecule has 0 fully saturated rings. The van der Waals surface area contributed by atoms with Crippen LogP contribution in [0.5, 0.6) is 0 Å². The Balaban J connectivity index is 0.000000160. The second kappa shape index (κ2) is 11.6. The zero-order valence-corrected chi connectivity index (χ0v) is 17.6. The zero-order valence-electron chi connectivity index (χ0n) is 15.1. The molecule has 128 valence electrons. The SMILES string of the molecule is C=CC[C](=[Zr+2])CC=C.[C-]1=CC=CC1.c1ccc2c(c1)[cH-]c1ccccc12. The number of allylic oxidation sites excluding steroid dienone is 6. The molecule has 1 heteroatoms. The minimum Gasteiger partial charge on any atom is -0.273 e. The van der Waals surface area contributed by atoms with Gasteiger partial charge in [0, 0.05) is 0 Å². The van der Waals surface area contributed by atoms with E-state index in [-0.39, 0.29) is 0 Å². The van der Waals surface area contributed by atoms with Gasteiger partial charge in [-0.1, -0.05) is 36.4 Å². The summed E-state index contributed by atoms with van der Waals surface area (Å²) in [6.45, 7) is 7.28. The fourth-order valence-electron chi connectivity index (χ4n) is 2.68. The Morgan fingerprint density at radius 2 is 1.50 bits per heavy atom. The van der Waals surface area contributed by atoms with Gasteiger partial charge in [-0.25, -0.2) is 12.2 Å².